The fraction of sp³-hybridized carbons (Fsp3) is 0.941. The lowest BCUT2D eigenvalue weighted by atomic mass is 9.76. The molecule has 2 N–H and O–H groups in total. The van der Waals surface area contributed by atoms with Gasteiger partial charge in [0.1, 0.15) is 0 Å². The van der Waals surface area contributed by atoms with E-state index in [9.17, 15) is 4.79 Å². The van der Waals surface area contributed by atoms with Gasteiger partial charge in [0.25, 0.3) is 0 Å². The molecule has 20 heavy (non-hydrogen) atoms. The van der Waals surface area contributed by atoms with Gasteiger partial charge in [0, 0.05) is 18.5 Å². The number of likely N-dealkylation sites (tertiary alicyclic amines) is 1. The van der Waals surface area contributed by atoms with Crippen molar-refractivity contribution in [2.75, 3.05) is 6.54 Å². The molecule has 1 aliphatic rings. The SMILES string of the molecule is C[C@@H]1CCC[C@H](C)N1C(=O)CCC(CCN)C(C)(C)C. The summed E-state index contributed by atoms with van der Waals surface area (Å²) in [5.41, 5.74) is 5.96. The molecule has 1 unspecified atom stereocenters. The fourth-order valence-electron chi connectivity index (χ4n) is 3.55. The molecule has 0 aromatic rings. The molecule has 0 bridgehead atoms. The van der Waals surface area contributed by atoms with E-state index in [2.05, 4.69) is 39.5 Å². The molecular weight excluding hydrogens is 248 g/mol. The molecule has 0 aromatic carbocycles. The van der Waals surface area contributed by atoms with Crippen molar-refractivity contribution in [3.8, 4) is 0 Å². The summed E-state index contributed by atoms with van der Waals surface area (Å²) >= 11 is 0. The zero-order valence-electron chi connectivity index (χ0n) is 14.1. The predicted molar refractivity (Wildman–Crippen MR) is 85.5 cm³/mol. The van der Waals surface area contributed by atoms with Crippen LogP contribution in [0.15, 0.2) is 0 Å². The highest BCUT2D eigenvalue weighted by atomic mass is 16.2. The molecule has 3 heteroatoms. The third kappa shape index (κ3) is 4.76. The summed E-state index contributed by atoms with van der Waals surface area (Å²) in [6, 6.07) is 0.822. The summed E-state index contributed by atoms with van der Waals surface area (Å²) in [5, 5.41) is 0. The van der Waals surface area contributed by atoms with Crippen LogP contribution in [0.1, 0.15) is 73.1 Å². The van der Waals surface area contributed by atoms with Crippen LogP contribution in [0.2, 0.25) is 0 Å². The van der Waals surface area contributed by atoms with E-state index < -0.39 is 0 Å². The summed E-state index contributed by atoms with van der Waals surface area (Å²) in [7, 11) is 0. The molecule has 1 saturated heterocycles. The summed E-state index contributed by atoms with van der Waals surface area (Å²) in [6.45, 7) is 11.9. The molecule has 3 nitrogen and oxygen atoms in total. The quantitative estimate of drug-likeness (QED) is 0.838. The van der Waals surface area contributed by atoms with Crippen molar-refractivity contribution in [3.63, 3.8) is 0 Å². The van der Waals surface area contributed by atoms with Crippen molar-refractivity contribution in [2.24, 2.45) is 17.1 Å². The second-order valence-corrected chi connectivity index (χ2v) is 7.61. The molecule has 0 saturated carbocycles. The molecule has 1 rings (SSSR count). The topological polar surface area (TPSA) is 46.3 Å². The average Bonchev–Trinajstić information content (AvgIpc) is 2.32. The molecule has 1 heterocycles. The minimum Gasteiger partial charge on any atom is -0.337 e. The minimum atomic E-state index is 0.235. The Balaban J connectivity index is 2.56. The van der Waals surface area contributed by atoms with Crippen LogP contribution in [0.5, 0.6) is 0 Å². The lowest BCUT2D eigenvalue weighted by Crippen LogP contribution is -2.47. The molecule has 0 radical (unpaired) electrons. The average molecular weight is 282 g/mol. The Bertz CT molecular complexity index is 299. The number of hydrogen-bond donors (Lipinski definition) is 1. The highest BCUT2D eigenvalue weighted by Crippen LogP contribution is 2.33. The van der Waals surface area contributed by atoms with Gasteiger partial charge in [-0.2, -0.15) is 0 Å². The van der Waals surface area contributed by atoms with E-state index in [1.165, 1.54) is 6.42 Å². The Labute approximate surface area is 125 Å². The zero-order valence-corrected chi connectivity index (χ0v) is 14.1. The van der Waals surface area contributed by atoms with Gasteiger partial charge in [-0.3, -0.25) is 4.79 Å². The Hall–Kier alpha value is -0.570. The number of rotatable bonds is 5. The van der Waals surface area contributed by atoms with Crippen LogP contribution in [0.25, 0.3) is 0 Å². The lowest BCUT2D eigenvalue weighted by Gasteiger charge is -2.40. The van der Waals surface area contributed by atoms with Gasteiger partial charge >= 0.3 is 0 Å². The second-order valence-electron chi connectivity index (χ2n) is 7.61. The lowest BCUT2D eigenvalue weighted by molar-refractivity contribution is -0.137. The first-order valence-corrected chi connectivity index (χ1v) is 8.28. The summed E-state index contributed by atoms with van der Waals surface area (Å²) in [5.74, 6) is 0.878. The van der Waals surface area contributed by atoms with Gasteiger partial charge in [-0.1, -0.05) is 20.8 Å². The summed E-state index contributed by atoms with van der Waals surface area (Å²) in [4.78, 5) is 14.7. The first-order valence-electron chi connectivity index (χ1n) is 8.28. The van der Waals surface area contributed by atoms with E-state index in [0.29, 0.717) is 36.9 Å². The highest BCUT2D eigenvalue weighted by Gasteiger charge is 2.30. The highest BCUT2D eigenvalue weighted by molar-refractivity contribution is 5.77. The van der Waals surface area contributed by atoms with Crippen molar-refractivity contribution in [2.45, 2.75) is 85.2 Å². The molecule has 118 valence electrons. The number of amides is 1. The van der Waals surface area contributed by atoms with Crippen molar-refractivity contribution in [1.82, 2.24) is 4.90 Å². The number of carbonyl (C=O) groups excluding carboxylic acids is 1. The molecule has 1 aliphatic heterocycles. The van der Waals surface area contributed by atoms with Gasteiger partial charge in [0.05, 0.1) is 0 Å². The standard InChI is InChI=1S/C17H34N2O/c1-13-7-6-8-14(2)19(13)16(20)10-9-15(11-12-18)17(3,4)5/h13-15H,6-12,18H2,1-5H3/t13-,14+,15?. The van der Waals surface area contributed by atoms with Crippen LogP contribution in [0, 0.1) is 11.3 Å². The Morgan fingerprint density at radius 3 is 2.20 bits per heavy atom. The molecule has 0 spiro atoms. The number of piperidine rings is 1. The molecule has 3 atom stereocenters. The number of carbonyl (C=O) groups is 1. The largest absolute Gasteiger partial charge is 0.337 e. The van der Waals surface area contributed by atoms with Crippen molar-refractivity contribution < 1.29 is 4.79 Å². The normalized spacial score (nSPS) is 25.6. The maximum absolute atomic E-state index is 12.5. The second kappa shape index (κ2) is 7.44. The monoisotopic (exact) mass is 282 g/mol. The molecule has 0 aromatic heterocycles. The number of nitrogens with zero attached hydrogens (tertiary/aromatic N) is 1. The van der Waals surface area contributed by atoms with Crippen LogP contribution >= 0.6 is 0 Å². The van der Waals surface area contributed by atoms with Crippen LogP contribution in [0.4, 0.5) is 0 Å². The minimum absolute atomic E-state index is 0.235. The van der Waals surface area contributed by atoms with Gasteiger partial charge in [-0.15, -0.1) is 0 Å². The van der Waals surface area contributed by atoms with Crippen LogP contribution in [-0.2, 0) is 4.79 Å². The van der Waals surface area contributed by atoms with Gasteiger partial charge in [0.2, 0.25) is 5.91 Å². The van der Waals surface area contributed by atoms with Crippen LogP contribution in [0.3, 0.4) is 0 Å². The van der Waals surface area contributed by atoms with E-state index in [0.717, 1.165) is 25.7 Å². The first kappa shape index (κ1) is 17.5. The van der Waals surface area contributed by atoms with Gasteiger partial charge < -0.3 is 10.6 Å². The third-order valence-electron chi connectivity index (χ3n) is 4.93. The molecule has 1 amide bonds. The zero-order chi connectivity index (χ0) is 15.3. The molecule has 0 aliphatic carbocycles. The molecular formula is C17H34N2O. The summed E-state index contributed by atoms with van der Waals surface area (Å²) < 4.78 is 0. The number of hydrogen-bond acceptors (Lipinski definition) is 2. The van der Waals surface area contributed by atoms with E-state index in [1.54, 1.807) is 0 Å². The van der Waals surface area contributed by atoms with Crippen molar-refractivity contribution >= 4 is 5.91 Å². The maximum Gasteiger partial charge on any atom is 0.223 e. The smallest absolute Gasteiger partial charge is 0.223 e. The third-order valence-corrected chi connectivity index (χ3v) is 4.93. The van der Waals surface area contributed by atoms with Gasteiger partial charge in [0.15, 0.2) is 0 Å². The van der Waals surface area contributed by atoms with Crippen LogP contribution < -0.4 is 5.73 Å². The van der Waals surface area contributed by atoms with E-state index in [-0.39, 0.29) is 5.41 Å². The van der Waals surface area contributed by atoms with Crippen molar-refractivity contribution in [1.29, 1.82) is 0 Å². The van der Waals surface area contributed by atoms with E-state index in [4.69, 9.17) is 5.73 Å². The summed E-state index contributed by atoms with van der Waals surface area (Å²) in [6.07, 6.45) is 6.22. The molecule has 1 fully saturated rings. The van der Waals surface area contributed by atoms with Crippen molar-refractivity contribution in [3.05, 3.63) is 0 Å². The maximum atomic E-state index is 12.5. The van der Waals surface area contributed by atoms with Gasteiger partial charge in [-0.05, 0) is 63.8 Å². The van der Waals surface area contributed by atoms with Crippen LogP contribution in [-0.4, -0.2) is 29.4 Å². The predicted octanol–water partition coefficient (Wildman–Crippen LogP) is 3.57. The Morgan fingerprint density at radius 1 is 1.20 bits per heavy atom. The fourth-order valence-corrected chi connectivity index (χ4v) is 3.55. The number of nitrogens with two attached hydrogens (primary N) is 1. The van der Waals surface area contributed by atoms with E-state index >= 15 is 0 Å². The Kier molecular flexibility index (Phi) is 6.50. The van der Waals surface area contributed by atoms with Gasteiger partial charge in [-0.25, -0.2) is 0 Å². The Morgan fingerprint density at radius 2 is 1.75 bits per heavy atom. The van der Waals surface area contributed by atoms with E-state index in [1.807, 2.05) is 0 Å². The first-order chi connectivity index (χ1) is 9.27.